The Morgan fingerprint density at radius 3 is 2.04 bits per heavy atom. The standard InChI is InChI=1S/C18H16O7.Al/c1-9(19)15-12(7-11-5-3-4-6-14(11)21)8-13(18(23)25-24)17(22)16(15)10(2)20;/h3-6,8,21-22,24H,7H2,1-2H3;. The summed E-state index contributed by atoms with van der Waals surface area (Å²) >= 11 is 0. The zero-order valence-electron chi connectivity index (χ0n) is 14.1. The van der Waals surface area contributed by atoms with E-state index in [1.54, 1.807) is 18.2 Å². The van der Waals surface area contributed by atoms with Crippen molar-refractivity contribution in [2.24, 2.45) is 0 Å². The number of Topliss-reactive ketones (excluding diaryl/α,β-unsaturated/α-hetero) is 2. The SMILES string of the molecule is CC(=O)c1c(Cc2ccccc2O)cc(C(=O)OO)c(O)c1C(C)=O.[Al]. The van der Waals surface area contributed by atoms with Crippen LogP contribution in [-0.2, 0) is 11.3 Å². The molecule has 7 nitrogen and oxygen atoms in total. The predicted octanol–water partition coefficient (Wildman–Crippen LogP) is 2.34. The van der Waals surface area contributed by atoms with Gasteiger partial charge in [0.15, 0.2) is 11.6 Å². The Bertz CT molecular complexity index is 874. The number of phenols is 2. The van der Waals surface area contributed by atoms with E-state index in [2.05, 4.69) is 4.89 Å². The summed E-state index contributed by atoms with van der Waals surface area (Å²) in [6.45, 7) is 2.36. The van der Waals surface area contributed by atoms with Crippen LogP contribution in [0.15, 0.2) is 30.3 Å². The maximum Gasteiger partial charge on any atom is 0.376 e. The number of ketones is 2. The van der Waals surface area contributed by atoms with E-state index < -0.39 is 28.8 Å². The van der Waals surface area contributed by atoms with Crippen LogP contribution in [0.5, 0.6) is 11.5 Å². The molecule has 0 unspecified atom stereocenters. The molecule has 0 amide bonds. The van der Waals surface area contributed by atoms with E-state index in [1.165, 1.54) is 13.0 Å². The number of carbonyl (C=O) groups is 3. The van der Waals surface area contributed by atoms with E-state index in [0.717, 1.165) is 13.0 Å². The molecule has 2 aromatic carbocycles. The highest BCUT2D eigenvalue weighted by atomic mass is 27.0. The average Bonchev–Trinajstić information content (AvgIpc) is 2.56. The van der Waals surface area contributed by atoms with Crippen molar-refractivity contribution in [3.63, 3.8) is 0 Å². The maximum atomic E-state index is 12.1. The lowest BCUT2D eigenvalue weighted by molar-refractivity contribution is -0.182. The molecule has 0 fully saturated rings. The Balaban J connectivity index is 0.00000338. The normalized spacial score (nSPS) is 9.96. The van der Waals surface area contributed by atoms with Gasteiger partial charge in [-0.15, -0.1) is 0 Å². The molecule has 0 aliphatic rings. The molecular weight excluding hydrogens is 355 g/mol. The minimum Gasteiger partial charge on any atom is -0.508 e. The molecule has 133 valence electrons. The molecule has 0 spiro atoms. The lowest BCUT2D eigenvalue weighted by Gasteiger charge is -2.16. The van der Waals surface area contributed by atoms with Gasteiger partial charge < -0.3 is 10.2 Å². The Morgan fingerprint density at radius 2 is 1.54 bits per heavy atom. The molecule has 0 aromatic heterocycles. The van der Waals surface area contributed by atoms with Gasteiger partial charge in [0.25, 0.3) is 0 Å². The topological polar surface area (TPSA) is 121 Å². The highest BCUT2D eigenvalue weighted by Crippen LogP contribution is 2.33. The lowest BCUT2D eigenvalue weighted by atomic mass is 9.88. The van der Waals surface area contributed by atoms with Gasteiger partial charge in [0.1, 0.15) is 17.1 Å². The van der Waals surface area contributed by atoms with Crippen LogP contribution < -0.4 is 0 Å². The van der Waals surface area contributed by atoms with Crippen molar-refractivity contribution < 1.29 is 34.7 Å². The van der Waals surface area contributed by atoms with E-state index in [-0.39, 0.29) is 46.2 Å². The number of aromatic hydroxyl groups is 2. The Morgan fingerprint density at radius 1 is 0.962 bits per heavy atom. The summed E-state index contributed by atoms with van der Waals surface area (Å²) in [6.07, 6.45) is 0.0217. The molecule has 0 bridgehead atoms. The Kier molecular flexibility index (Phi) is 7.10. The van der Waals surface area contributed by atoms with Crippen LogP contribution in [-0.4, -0.2) is 50.4 Å². The van der Waals surface area contributed by atoms with Crippen molar-refractivity contribution in [1.29, 1.82) is 0 Å². The van der Waals surface area contributed by atoms with Gasteiger partial charge in [-0.3, -0.25) is 14.5 Å². The molecule has 3 radical (unpaired) electrons. The summed E-state index contributed by atoms with van der Waals surface area (Å²) in [5.41, 5.74) is -0.155. The maximum absolute atomic E-state index is 12.1. The van der Waals surface area contributed by atoms with Crippen LogP contribution in [0.4, 0.5) is 0 Å². The Labute approximate surface area is 159 Å². The smallest absolute Gasteiger partial charge is 0.376 e. The summed E-state index contributed by atoms with van der Waals surface area (Å²) in [4.78, 5) is 39.3. The highest BCUT2D eigenvalue weighted by molar-refractivity contribution is 6.12. The van der Waals surface area contributed by atoms with E-state index >= 15 is 0 Å². The third-order valence-corrected chi connectivity index (χ3v) is 3.76. The van der Waals surface area contributed by atoms with E-state index in [9.17, 15) is 24.6 Å². The summed E-state index contributed by atoms with van der Waals surface area (Å²) in [7, 11) is 0. The number of hydrogen-bond donors (Lipinski definition) is 3. The van der Waals surface area contributed by atoms with Crippen LogP contribution in [0.2, 0.25) is 0 Å². The fourth-order valence-corrected chi connectivity index (χ4v) is 2.68. The summed E-state index contributed by atoms with van der Waals surface area (Å²) in [5.74, 6) is -3.16. The van der Waals surface area contributed by atoms with Crippen LogP contribution in [0, 0.1) is 0 Å². The van der Waals surface area contributed by atoms with E-state index in [4.69, 9.17) is 5.26 Å². The van der Waals surface area contributed by atoms with E-state index in [0.29, 0.717) is 5.56 Å². The molecule has 0 heterocycles. The molecule has 8 heteroatoms. The van der Waals surface area contributed by atoms with Gasteiger partial charge in [0.05, 0.1) is 5.56 Å². The molecule has 0 aliphatic heterocycles. The van der Waals surface area contributed by atoms with Gasteiger partial charge in [-0.05, 0) is 37.1 Å². The summed E-state index contributed by atoms with van der Waals surface area (Å²) in [5, 5.41) is 28.7. The zero-order valence-corrected chi connectivity index (χ0v) is 15.3. The van der Waals surface area contributed by atoms with Gasteiger partial charge in [-0.2, -0.15) is 5.26 Å². The first kappa shape index (κ1) is 21.4. The monoisotopic (exact) mass is 371 g/mol. The third-order valence-electron chi connectivity index (χ3n) is 3.76. The van der Waals surface area contributed by atoms with Crippen molar-refractivity contribution >= 4 is 34.9 Å². The van der Waals surface area contributed by atoms with Gasteiger partial charge in [-0.1, -0.05) is 18.2 Å². The average molecular weight is 371 g/mol. The molecule has 2 aromatic rings. The lowest BCUT2D eigenvalue weighted by Crippen LogP contribution is -2.14. The number of para-hydroxylation sites is 1. The van der Waals surface area contributed by atoms with Crippen molar-refractivity contribution in [3.8, 4) is 11.5 Å². The van der Waals surface area contributed by atoms with Crippen molar-refractivity contribution in [2.75, 3.05) is 0 Å². The van der Waals surface area contributed by atoms with Crippen molar-refractivity contribution in [3.05, 3.63) is 58.1 Å². The quantitative estimate of drug-likeness (QED) is 0.319. The minimum absolute atomic E-state index is 0. The minimum atomic E-state index is -1.27. The Hall–Kier alpha value is -2.66. The first-order valence-electron chi connectivity index (χ1n) is 7.31. The number of carbonyl (C=O) groups excluding carboxylic acids is 3. The van der Waals surface area contributed by atoms with Gasteiger partial charge in [0.2, 0.25) is 0 Å². The number of rotatable bonds is 5. The third kappa shape index (κ3) is 4.11. The second-order valence-electron chi connectivity index (χ2n) is 5.48. The molecular formula is C18H16AlO7. The van der Waals surface area contributed by atoms with Gasteiger partial charge >= 0.3 is 5.97 Å². The van der Waals surface area contributed by atoms with Crippen molar-refractivity contribution in [2.45, 2.75) is 20.3 Å². The second kappa shape index (κ2) is 8.63. The van der Waals surface area contributed by atoms with E-state index in [1.807, 2.05) is 0 Å². The second-order valence-corrected chi connectivity index (χ2v) is 5.48. The molecule has 0 atom stereocenters. The fraction of sp³-hybridized carbons (Fsp3) is 0.167. The van der Waals surface area contributed by atoms with Crippen molar-refractivity contribution in [1.82, 2.24) is 0 Å². The summed E-state index contributed by atoms with van der Waals surface area (Å²) < 4.78 is 0. The molecule has 0 saturated heterocycles. The fourth-order valence-electron chi connectivity index (χ4n) is 2.68. The van der Waals surface area contributed by atoms with Crippen LogP contribution in [0.3, 0.4) is 0 Å². The number of hydrogen-bond acceptors (Lipinski definition) is 7. The van der Waals surface area contributed by atoms with Gasteiger partial charge in [-0.25, -0.2) is 4.79 Å². The number of phenolic OH excluding ortho intramolecular Hbond substituents is 2. The molecule has 0 saturated carbocycles. The highest BCUT2D eigenvalue weighted by Gasteiger charge is 2.27. The predicted molar refractivity (Wildman–Crippen MR) is 92.8 cm³/mol. The largest absolute Gasteiger partial charge is 0.508 e. The summed E-state index contributed by atoms with van der Waals surface area (Å²) in [6, 6.07) is 7.53. The molecule has 2 rings (SSSR count). The first-order valence-corrected chi connectivity index (χ1v) is 7.31. The van der Waals surface area contributed by atoms with Crippen LogP contribution in [0.25, 0.3) is 0 Å². The van der Waals surface area contributed by atoms with Crippen LogP contribution >= 0.6 is 0 Å². The zero-order chi connectivity index (χ0) is 18.7. The van der Waals surface area contributed by atoms with Gasteiger partial charge in [0, 0.05) is 29.3 Å². The first-order chi connectivity index (χ1) is 11.8. The molecule has 0 aliphatic carbocycles. The molecule has 26 heavy (non-hydrogen) atoms. The van der Waals surface area contributed by atoms with Crippen LogP contribution in [0.1, 0.15) is 56.0 Å². The number of benzene rings is 2. The molecule has 3 N–H and O–H groups in total.